The number of rotatable bonds is 7. The fourth-order valence-electron chi connectivity index (χ4n) is 3.24. The van der Waals surface area contributed by atoms with E-state index >= 15 is 0 Å². The molecule has 162 valence electrons. The van der Waals surface area contributed by atoms with E-state index in [0.717, 1.165) is 50.4 Å². The Labute approximate surface area is 190 Å². The van der Waals surface area contributed by atoms with Gasteiger partial charge in [0.25, 0.3) is 5.91 Å². The van der Waals surface area contributed by atoms with E-state index in [4.69, 9.17) is 9.73 Å². The summed E-state index contributed by atoms with van der Waals surface area (Å²) in [6.45, 7) is 7.55. The lowest BCUT2D eigenvalue weighted by Gasteiger charge is -2.33. The lowest BCUT2D eigenvalue weighted by atomic mass is 9.97. The first-order valence-corrected chi connectivity index (χ1v) is 10.1. The van der Waals surface area contributed by atoms with E-state index in [1.54, 1.807) is 0 Å². The average molecular weight is 516 g/mol. The number of carbonyl (C=O) groups excluding carboxylic acids is 2. The van der Waals surface area contributed by atoms with Crippen LogP contribution in [-0.2, 0) is 16.1 Å². The Kier molecular flexibility index (Phi) is 11.6. The quantitative estimate of drug-likeness (QED) is 0.252. The SMILES string of the molecule is CCCNC(=O)c1cccc(CN=C(NCC)N2CCC(C(=O)OC)CC2)c1.I. The first kappa shape index (κ1) is 25.2. The summed E-state index contributed by atoms with van der Waals surface area (Å²) in [5.74, 6) is 0.637. The Balaban J connectivity index is 0.00000420. The molecule has 2 rings (SSSR count). The number of likely N-dealkylation sites (tertiary alicyclic amines) is 1. The Morgan fingerprint density at radius 3 is 2.55 bits per heavy atom. The van der Waals surface area contributed by atoms with Crippen molar-refractivity contribution in [1.29, 1.82) is 0 Å². The van der Waals surface area contributed by atoms with Gasteiger partial charge < -0.3 is 20.3 Å². The maximum Gasteiger partial charge on any atom is 0.308 e. The third-order valence-electron chi connectivity index (χ3n) is 4.80. The zero-order valence-corrected chi connectivity index (χ0v) is 19.9. The second kappa shape index (κ2) is 13.4. The number of nitrogens with one attached hydrogen (secondary N) is 2. The molecule has 1 aliphatic heterocycles. The minimum Gasteiger partial charge on any atom is -0.469 e. The van der Waals surface area contributed by atoms with Crippen LogP contribution in [0.15, 0.2) is 29.3 Å². The zero-order valence-electron chi connectivity index (χ0n) is 17.6. The highest BCUT2D eigenvalue weighted by atomic mass is 127. The van der Waals surface area contributed by atoms with Gasteiger partial charge >= 0.3 is 5.97 Å². The van der Waals surface area contributed by atoms with Crippen LogP contribution < -0.4 is 10.6 Å². The van der Waals surface area contributed by atoms with E-state index in [-0.39, 0.29) is 41.8 Å². The molecule has 1 aromatic rings. The molecule has 1 heterocycles. The molecule has 1 fully saturated rings. The normalized spacial score (nSPS) is 14.7. The van der Waals surface area contributed by atoms with Crippen molar-refractivity contribution in [2.45, 2.75) is 39.7 Å². The molecule has 7 nitrogen and oxygen atoms in total. The van der Waals surface area contributed by atoms with Gasteiger partial charge in [-0.25, -0.2) is 4.99 Å². The third-order valence-corrected chi connectivity index (χ3v) is 4.80. The van der Waals surface area contributed by atoms with Crippen LogP contribution in [0, 0.1) is 5.92 Å². The maximum atomic E-state index is 12.1. The molecule has 0 bridgehead atoms. The molecule has 0 radical (unpaired) electrons. The molecule has 0 aromatic heterocycles. The number of hydrogen-bond donors (Lipinski definition) is 2. The first-order valence-electron chi connectivity index (χ1n) is 10.1. The van der Waals surface area contributed by atoms with Gasteiger partial charge in [0.05, 0.1) is 19.6 Å². The summed E-state index contributed by atoms with van der Waals surface area (Å²) in [5.41, 5.74) is 1.65. The minimum atomic E-state index is -0.125. The summed E-state index contributed by atoms with van der Waals surface area (Å²) >= 11 is 0. The smallest absolute Gasteiger partial charge is 0.308 e. The second-order valence-corrected chi connectivity index (χ2v) is 6.91. The molecule has 0 saturated carbocycles. The monoisotopic (exact) mass is 516 g/mol. The molecule has 8 heteroatoms. The van der Waals surface area contributed by atoms with Gasteiger partial charge in [-0.05, 0) is 43.9 Å². The fourth-order valence-corrected chi connectivity index (χ4v) is 3.24. The average Bonchev–Trinajstić information content (AvgIpc) is 2.74. The second-order valence-electron chi connectivity index (χ2n) is 6.91. The Hall–Kier alpha value is -1.84. The fraction of sp³-hybridized carbons (Fsp3) is 0.571. The summed E-state index contributed by atoms with van der Waals surface area (Å²) in [7, 11) is 1.44. The predicted octanol–water partition coefficient (Wildman–Crippen LogP) is 2.79. The Morgan fingerprint density at radius 1 is 1.21 bits per heavy atom. The summed E-state index contributed by atoms with van der Waals surface area (Å²) in [6.07, 6.45) is 2.45. The molecule has 0 spiro atoms. The summed E-state index contributed by atoms with van der Waals surface area (Å²) in [5, 5.41) is 6.22. The van der Waals surface area contributed by atoms with Gasteiger partial charge in [0.15, 0.2) is 5.96 Å². The van der Waals surface area contributed by atoms with Crippen LogP contribution >= 0.6 is 24.0 Å². The number of carbonyl (C=O) groups is 2. The topological polar surface area (TPSA) is 83.0 Å². The van der Waals surface area contributed by atoms with Crippen LogP contribution in [-0.4, -0.2) is 56.0 Å². The molecule has 1 aromatic carbocycles. The van der Waals surface area contributed by atoms with Crippen molar-refractivity contribution >= 4 is 41.8 Å². The summed E-state index contributed by atoms with van der Waals surface area (Å²) < 4.78 is 4.86. The van der Waals surface area contributed by atoms with E-state index in [0.29, 0.717) is 18.7 Å². The third kappa shape index (κ3) is 7.83. The lowest BCUT2D eigenvalue weighted by Crippen LogP contribution is -2.46. The molecular weight excluding hydrogens is 483 g/mol. The van der Waals surface area contributed by atoms with Gasteiger partial charge in [0, 0.05) is 31.7 Å². The van der Waals surface area contributed by atoms with Gasteiger partial charge in [0.2, 0.25) is 0 Å². The van der Waals surface area contributed by atoms with E-state index in [2.05, 4.69) is 15.5 Å². The van der Waals surface area contributed by atoms with Crippen LogP contribution in [0.3, 0.4) is 0 Å². The molecular formula is C21H33IN4O3. The first-order chi connectivity index (χ1) is 13.6. The largest absolute Gasteiger partial charge is 0.469 e. The van der Waals surface area contributed by atoms with Crippen molar-refractivity contribution in [2.24, 2.45) is 10.9 Å². The number of hydrogen-bond acceptors (Lipinski definition) is 4. The van der Waals surface area contributed by atoms with Crippen molar-refractivity contribution < 1.29 is 14.3 Å². The molecule has 29 heavy (non-hydrogen) atoms. The molecule has 0 atom stereocenters. The van der Waals surface area contributed by atoms with Crippen LogP contribution in [0.2, 0.25) is 0 Å². The van der Waals surface area contributed by atoms with Gasteiger partial charge in [-0.15, -0.1) is 24.0 Å². The van der Waals surface area contributed by atoms with E-state index in [1.807, 2.05) is 38.1 Å². The molecule has 0 unspecified atom stereocenters. The number of guanidine groups is 1. The van der Waals surface area contributed by atoms with Crippen LogP contribution in [0.25, 0.3) is 0 Å². The lowest BCUT2D eigenvalue weighted by molar-refractivity contribution is -0.146. The Bertz CT molecular complexity index is 688. The standard InChI is InChI=1S/C21H32N4O3.HI/c1-4-11-23-19(26)18-8-6-7-16(14-18)15-24-21(22-5-2)25-12-9-17(10-13-25)20(27)28-3;/h6-8,14,17H,4-5,9-13,15H2,1-3H3,(H,22,24)(H,23,26);1H. The van der Waals surface area contributed by atoms with E-state index < -0.39 is 0 Å². The van der Waals surface area contributed by atoms with Crippen molar-refractivity contribution in [2.75, 3.05) is 33.3 Å². The van der Waals surface area contributed by atoms with Gasteiger partial charge in [-0.1, -0.05) is 19.1 Å². The van der Waals surface area contributed by atoms with Gasteiger partial charge in [-0.2, -0.15) is 0 Å². The van der Waals surface area contributed by atoms with Gasteiger partial charge in [-0.3, -0.25) is 9.59 Å². The summed E-state index contributed by atoms with van der Waals surface area (Å²) in [4.78, 5) is 30.8. The number of esters is 1. The highest BCUT2D eigenvalue weighted by Crippen LogP contribution is 2.18. The number of nitrogens with zero attached hydrogens (tertiary/aromatic N) is 2. The molecule has 2 N–H and O–H groups in total. The summed E-state index contributed by atoms with van der Waals surface area (Å²) in [6, 6.07) is 7.58. The highest BCUT2D eigenvalue weighted by Gasteiger charge is 2.26. The predicted molar refractivity (Wildman–Crippen MR) is 126 cm³/mol. The van der Waals surface area contributed by atoms with Crippen LogP contribution in [0.1, 0.15) is 49.0 Å². The van der Waals surface area contributed by atoms with Crippen molar-refractivity contribution in [3.8, 4) is 0 Å². The number of piperidine rings is 1. The number of aliphatic imine (C=N–C) groups is 1. The van der Waals surface area contributed by atoms with Crippen molar-refractivity contribution in [1.82, 2.24) is 15.5 Å². The number of methoxy groups -OCH3 is 1. The molecule has 1 aliphatic rings. The van der Waals surface area contributed by atoms with Crippen LogP contribution in [0.4, 0.5) is 0 Å². The van der Waals surface area contributed by atoms with E-state index in [9.17, 15) is 9.59 Å². The highest BCUT2D eigenvalue weighted by molar-refractivity contribution is 14.0. The molecule has 1 amide bonds. The number of halogens is 1. The number of amides is 1. The van der Waals surface area contributed by atoms with Crippen LogP contribution in [0.5, 0.6) is 0 Å². The van der Waals surface area contributed by atoms with Gasteiger partial charge in [0.1, 0.15) is 0 Å². The maximum absolute atomic E-state index is 12.1. The number of ether oxygens (including phenoxy) is 1. The molecule has 0 aliphatic carbocycles. The molecule has 1 saturated heterocycles. The van der Waals surface area contributed by atoms with Crippen molar-refractivity contribution in [3.05, 3.63) is 35.4 Å². The van der Waals surface area contributed by atoms with Crippen molar-refractivity contribution in [3.63, 3.8) is 0 Å². The minimum absolute atomic E-state index is 0. The van der Waals surface area contributed by atoms with E-state index in [1.165, 1.54) is 7.11 Å². The number of benzene rings is 1. The Morgan fingerprint density at radius 2 is 1.93 bits per heavy atom. The zero-order chi connectivity index (χ0) is 20.4.